The molecule has 3 heterocycles. The average molecular weight is 911 g/mol. The third kappa shape index (κ3) is 6.61. The van der Waals surface area contributed by atoms with E-state index in [2.05, 4.69) is 207 Å². The summed E-state index contributed by atoms with van der Waals surface area (Å²) in [5.41, 5.74) is 23.3. The highest BCUT2D eigenvalue weighted by Gasteiger charge is 2.60. The number of thioether (sulfide) groups is 1. The van der Waals surface area contributed by atoms with Crippen molar-refractivity contribution in [1.82, 2.24) is 0 Å². The smallest absolute Gasteiger partial charge is 0.259 e. The van der Waals surface area contributed by atoms with Crippen LogP contribution in [0.15, 0.2) is 71.2 Å². The van der Waals surface area contributed by atoms with Gasteiger partial charge in [0.2, 0.25) is 0 Å². The molecule has 4 aromatic carbocycles. The lowest BCUT2D eigenvalue weighted by Gasteiger charge is -2.52. The molecule has 0 radical (unpaired) electrons. The third-order valence-corrected chi connectivity index (χ3v) is 21.8. The van der Waals surface area contributed by atoms with Crippen molar-refractivity contribution in [3.63, 3.8) is 0 Å². The van der Waals surface area contributed by atoms with E-state index in [0.29, 0.717) is 17.1 Å². The number of nitrogens with zero attached hydrogens (tertiary/aromatic N) is 2. The third-order valence-electron chi connectivity index (χ3n) is 20.0. The molecule has 1 fully saturated rings. The van der Waals surface area contributed by atoms with Gasteiger partial charge in [0, 0.05) is 45.3 Å². The normalized spacial score (nSPS) is 26.8. The number of rotatable bonds is 3. The summed E-state index contributed by atoms with van der Waals surface area (Å²) < 4.78 is 0. The van der Waals surface area contributed by atoms with Gasteiger partial charge >= 0.3 is 0 Å². The molecule has 4 heteroatoms. The summed E-state index contributed by atoms with van der Waals surface area (Å²) >= 11 is 2.30. The summed E-state index contributed by atoms with van der Waals surface area (Å²) in [5.74, 6) is 0.794. The van der Waals surface area contributed by atoms with E-state index in [0.717, 1.165) is 0 Å². The van der Waals surface area contributed by atoms with Gasteiger partial charge in [-0.05, 0) is 198 Å². The van der Waals surface area contributed by atoms with Crippen LogP contribution in [0.1, 0.15) is 221 Å². The molecule has 67 heavy (non-hydrogen) atoms. The first kappa shape index (κ1) is 46.0. The molecule has 11 rings (SSSR count). The van der Waals surface area contributed by atoms with Gasteiger partial charge in [0.1, 0.15) is 0 Å². The zero-order valence-corrected chi connectivity index (χ0v) is 45.9. The Kier molecular flexibility index (Phi) is 9.73. The Morgan fingerprint density at radius 2 is 0.881 bits per heavy atom. The van der Waals surface area contributed by atoms with E-state index in [-0.39, 0.29) is 50.0 Å². The van der Waals surface area contributed by atoms with Crippen molar-refractivity contribution in [2.45, 2.75) is 220 Å². The maximum atomic E-state index is 2.89. The summed E-state index contributed by atoms with van der Waals surface area (Å²) in [6, 6.07) is 26.3. The van der Waals surface area contributed by atoms with Gasteiger partial charge in [0.25, 0.3) is 6.71 Å². The first-order chi connectivity index (χ1) is 31.0. The van der Waals surface area contributed by atoms with Crippen LogP contribution in [0.2, 0.25) is 0 Å². The topological polar surface area (TPSA) is 6.48 Å². The zero-order valence-electron chi connectivity index (χ0n) is 45.0. The molecule has 4 aromatic rings. The number of hydrogen-bond donors (Lipinski definition) is 0. The fourth-order valence-corrected chi connectivity index (χ4v) is 16.8. The predicted octanol–water partition coefficient (Wildman–Crippen LogP) is 16.7. The Morgan fingerprint density at radius 3 is 1.37 bits per heavy atom. The standard InChI is InChI=1S/C63H83BN2S/c1-37(2)38-31-49-52-50(32-38)66(40-20-22-42-44(34-40)59(9,10)26-24-57(42,5)6)53-51-54(63(17,18)30-29-62(51,15)16)67-55(53)64(52)47-35-45-46(61(13,14)28-27-60(45,11)12)36-48(47)65(49)39-19-21-41-43(33-39)58(7,8)25-23-56(41,3)4/h19-22,31-37,51,54H,23-30H2,1-18H3. The molecule has 2 unspecified atom stereocenters. The summed E-state index contributed by atoms with van der Waals surface area (Å²) in [4.78, 5) is 7.31. The lowest BCUT2D eigenvalue weighted by molar-refractivity contribution is 0.0881. The molecule has 2 nitrogen and oxygen atoms in total. The Morgan fingerprint density at radius 1 is 0.463 bits per heavy atom. The number of allylic oxidation sites excluding steroid dienone is 1. The van der Waals surface area contributed by atoms with Crippen LogP contribution in [-0.4, -0.2) is 12.0 Å². The van der Waals surface area contributed by atoms with Crippen molar-refractivity contribution in [3.8, 4) is 0 Å². The van der Waals surface area contributed by atoms with E-state index in [4.69, 9.17) is 0 Å². The maximum Gasteiger partial charge on any atom is 0.259 e. The summed E-state index contributed by atoms with van der Waals surface area (Å²) in [7, 11) is 0. The molecule has 4 aliphatic carbocycles. The van der Waals surface area contributed by atoms with Crippen molar-refractivity contribution < 1.29 is 0 Å². The van der Waals surface area contributed by atoms with Crippen molar-refractivity contribution in [2.24, 2.45) is 16.7 Å². The predicted molar refractivity (Wildman–Crippen MR) is 293 cm³/mol. The van der Waals surface area contributed by atoms with Crippen molar-refractivity contribution >= 4 is 57.8 Å². The number of fused-ring (bicyclic) bond motifs is 8. The summed E-state index contributed by atoms with van der Waals surface area (Å²) in [6.07, 6.45) is 9.80. The number of anilines is 5. The monoisotopic (exact) mass is 911 g/mol. The van der Waals surface area contributed by atoms with E-state index in [1.165, 1.54) is 107 Å². The SMILES string of the molecule is CC(C)c1cc2c3c(c1)N(c1ccc4c(c1)C(C)(C)CCC4(C)C)c1cc4c(cc1B3C1=C(C3C(S1)C(C)(C)CCC3(C)C)N2c1ccc2c(c1)C(C)(C)CCC2(C)C)C(C)(C)CCC4(C)C. The van der Waals surface area contributed by atoms with E-state index in [1.54, 1.807) is 32.8 Å². The van der Waals surface area contributed by atoms with Crippen LogP contribution in [0.5, 0.6) is 0 Å². The van der Waals surface area contributed by atoms with Crippen LogP contribution in [-0.2, 0) is 32.5 Å². The molecular weight excluding hydrogens is 828 g/mol. The van der Waals surface area contributed by atoms with Gasteiger partial charge in [-0.15, -0.1) is 11.8 Å². The highest BCUT2D eigenvalue weighted by atomic mass is 32.2. The quantitative estimate of drug-likeness (QED) is 0.189. The second kappa shape index (κ2) is 14.2. The largest absolute Gasteiger partial charge is 0.314 e. The van der Waals surface area contributed by atoms with Crippen LogP contribution >= 0.6 is 11.8 Å². The second-order valence-corrected chi connectivity index (χ2v) is 29.9. The lowest BCUT2D eigenvalue weighted by Crippen LogP contribution is -2.56. The summed E-state index contributed by atoms with van der Waals surface area (Å²) in [5, 5.41) is 0.500. The Labute approximate surface area is 412 Å². The van der Waals surface area contributed by atoms with E-state index in [1.807, 2.05) is 0 Å². The van der Waals surface area contributed by atoms with Gasteiger partial charge in [-0.1, -0.05) is 143 Å². The molecule has 2 atom stereocenters. The van der Waals surface area contributed by atoms with Crippen LogP contribution in [0.25, 0.3) is 0 Å². The fourth-order valence-electron chi connectivity index (χ4n) is 14.7. The van der Waals surface area contributed by atoms with Crippen LogP contribution < -0.4 is 20.7 Å². The zero-order chi connectivity index (χ0) is 48.1. The molecule has 1 saturated carbocycles. The van der Waals surface area contributed by atoms with Gasteiger partial charge in [0.05, 0.1) is 0 Å². The van der Waals surface area contributed by atoms with Crippen molar-refractivity contribution in [3.05, 3.63) is 110 Å². The van der Waals surface area contributed by atoms with E-state index < -0.39 is 0 Å². The van der Waals surface area contributed by atoms with Gasteiger partial charge in [0.15, 0.2) is 0 Å². The Balaban J connectivity index is 1.27. The Bertz CT molecular complexity index is 2810. The minimum Gasteiger partial charge on any atom is -0.314 e. The molecule has 7 aliphatic rings. The second-order valence-electron chi connectivity index (χ2n) is 28.7. The van der Waals surface area contributed by atoms with Gasteiger partial charge in [-0.3, -0.25) is 0 Å². The van der Waals surface area contributed by atoms with Crippen LogP contribution in [0, 0.1) is 16.7 Å². The number of benzene rings is 4. The number of hydrogen-bond acceptors (Lipinski definition) is 3. The lowest BCUT2D eigenvalue weighted by atomic mass is 9.35. The van der Waals surface area contributed by atoms with Crippen LogP contribution in [0.4, 0.5) is 28.4 Å². The van der Waals surface area contributed by atoms with E-state index in [9.17, 15) is 0 Å². The minimum atomic E-state index is 0.0896. The average Bonchev–Trinajstić information content (AvgIpc) is 3.67. The fraction of sp³-hybridized carbons (Fsp3) is 0.587. The van der Waals surface area contributed by atoms with Gasteiger partial charge in [-0.2, -0.15) is 0 Å². The molecule has 0 bridgehead atoms. The van der Waals surface area contributed by atoms with E-state index >= 15 is 0 Å². The van der Waals surface area contributed by atoms with Crippen molar-refractivity contribution in [2.75, 3.05) is 9.80 Å². The maximum absolute atomic E-state index is 2.89. The molecule has 0 N–H and O–H groups in total. The Hall–Kier alpha value is -3.37. The first-order valence-corrected chi connectivity index (χ1v) is 27.5. The highest BCUT2D eigenvalue weighted by molar-refractivity contribution is 8.06. The van der Waals surface area contributed by atoms with Gasteiger partial charge in [-0.25, -0.2) is 0 Å². The van der Waals surface area contributed by atoms with Crippen molar-refractivity contribution in [1.29, 1.82) is 0 Å². The molecule has 0 amide bonds. The molecular formula is C63H83BN2S. The molecule has 0 aromatic heterocycles. The van der Waals surface area contributed by atoms with Gasteiger partial charge < -0.3 is 9.80 Å². The molecule has 0 saturated heterocycles. The molecule has 354 valence electrons. The molecule has 3 aliphatic heterocycles. The highest BCUT2D eigenvalue weighted by Crippen LogP contribution is 2.66. The first-order valence-electron chi connectivity index (χ1n) is 26.7. The minimum absolute atomic E-state index is 0.0896. The summed E-state index contributed by atoms with van der Waals surface area (Å²) in [6.45, 7) is 45.5. The van der Waals surface area contributed by atoms with Crippen LogP contribution in [0.3, 0.4) is 0 Å². The molecule has 0 spiro atoms.